The monoisotopic (exact) mass is 184 g/mol. The van der Waals surface area contributed by atoms with E-state index in [0.717, 1.165) is 12.3 Å². The van der Waals surface area contributed by atoms with Gasteiger partial charge in [-0.05, 0) is 14.1 Å². The Hall–Kier alpha value is -0.940. The maximum absolute atomic E-state index is 11.3. The first-order valence-corrected chi connectivity index (χ1v) is 4.35. The van der Waals surface area contributed by atoms with Crippen LogP contribution in [0.25, 0.3) is 0 Å². The van der Waals surface area contributed by atoms with Gasteiger partial charge >= 0.3 is 0 Å². The molecular weight excluding hydrogens is 168 g/mol. The molecule has 1 aliphatic heterocycles. The van der Waals surface area contributed by atoms with Crippen LogP contribution in [0, 0.1) is 0 Å². The van der Waals surface area contributed by atoms with Crippen LogP contribution >= 0.6 is 0 Å². The van der Waals surface area contributed by atoms with E-state index in [0.29, 0.717) is 19.5 Å². The van der Waals surface area contributed by atoms with Crippen molar-refractivity contribution in [2.75, 3.05) is 33.7 Å². The lowest BCUT2D eigenvalue weighted by molar-refractivity contribution is -0.128. The molecule has 0 saturated heterocycles. The van der Waals surface area contributed by atoms with Crippen molar-refractivity contribution in [1.29, 1.82) is 0 Å². The molecule has 1 rings (SSSR count). The van der Waals surface area contributed by atoms with Gasteiger partial charge in [-0.1, -0.05) is 0 Å². The van der Waals surface area contributed by atoms with Crippen LogP contribution in [0.15, 0.2) is 5.10 Å². The van der Waals surface area contributed by atoms with Gasteiger partial charge in [0.05, 0.1) is 18.7 Å². The first-order valence-electron chi connectivity index (χ1n) is 4.35. The third kappa shape index (κ3) is 2.78. The van der Waals surface area contributed by atoms with Crippen molar-refractivity contribution in [2.24, 2.45) is 10.8 Å². The number of amides is 1. The van der Waals surface area contributed by atoms with E-state index in [1.54, 1.807) is 0 Å². The average molecular weight is 184 g/mol. The van der Waals surface area contributed by atoms with Gasteiger partial charge in [0.25, 0.3) is 0 Å². The van der Waals surface area contributed by atoms with Crippen molar-refractivity contribution in [3.8, 4) is 0 Å². The number of carbonyl (C=O) groups is 1. The van der Waals surface area contributed by atoms with E-state index in [1.807, 2.05) is 19.0 Å². The summed E-state index contributed by atoms with van der Waals surface area (Å²) in [5.41, 5.74) is 6.18. The Morgan fingerprint density at radius 2 is 2.31 bits per heavy atom. The first kappa shape index (κ1) is 10.1. The molecule has 1 amide bonds. The van der Waals surface area contributed by atoms with Crippen LogP contribution in [0.5, 0.6) is 0 Å². The minimum atomic E-state index is 0.0577. The number of likely N-dealkylation sites (N-methyl/N-ethyl adjacent to an activating group) is 1. The molecule has 5 nitrogen and oxygen atoms in total. The Balaban J connectivity index is 2.41. The summed E-state index contributed by atoms with van der Waals surface area (Å²) in [6.45, 7) is 1.85. The lowest BCUT2D eigenvalue weighted by Gasteiger charge is -2.14. The summed E-state index contributed by atoms with van der Waals surface area (Å²) >= 11 is 0. The van der Waals surface area contributed by atoms with E-state index in [-0.39, 0.29) is 5.91 Å². The van der Waals surface area contributed by atoms with Crippen molar-refractivity contribution < 1.29 is 4.79 Å². The quantitative estimate of drug-likeness (QED) is 0.615. The fraction of sp³-hybridized carbons (Fsp3) is 0.750. The fourth-order valence-electron chi connectivity index (χ4n) is 1.11. The Kier molecular flexibility index (Phi) is 3.39. The zero-order valence-corrected chi connectivity index (χ0v) is 8.16. The minimum Gasteiger partial charge on any atom is -0.325 e. The zero-order chi connectivity index (χ0) is 9.84. The second-order valence-corrected chi connectivity index (χ2v) is 3.37. The lowest BCUT2D eigenvalue weighted by atomic mass is 10.3. The zero-order valence-electron chi connectivity index (χ0n) is 8.16. The third-order valence-corrected chi connectivity index (χ3v) is 1.90. The van der Waals surface area contributed by atoms with Crippen LogP contribution < -0.4 is 5.73 Å². The van der Waals surface area contributed by atoms with Crippen molar-refractivity contribution in [3.63, 3.8) is 0 Å². The van der Waals surface area contributed by atoms with E-state index >= 15 is 0 Å². The summed E-state index contributed by atoms with van der Waals surface area (Å²) < 4.78 is 0. The topological polar surface area (TPSA) is 61.9 Å². The maximum Gasteiger partial charge on any atom is 0.248 e. The molecule has 0 aliphatic carbocycles. The molecule has 13 heavy (non-hydrogen) atoms. The van der Waals surface area contributed by atoms with E-state index in [9.17, 15) is 4.79 Å². The second-order valence-electron chi connectivity index (χ2n) is 3.37. The number of hydrazone groups is 1. The first-order chi connectivity index (χ1) is 6.13. The summed E-state index contributed by atoms with van der Waals surface area (Å²) in [6.07, 6.45) is 0.393. The summed E-state index contributed by atoms with van der Waals surface area (Å²) in [4.78, 5) is 13.3. The van der Waals surface area contributed by atoms with Gasteiger partial charge in [0.15, 0.2) is 0 Å². The number of nitrogens with zero attached hydrogens (tertiary/aromatic N) is 3. The summed E-state index contributed by atoms with van der Waals surface area (Å²) in [5, 5.41) is 5.61. The molecule has 0 bridgehead atoms. The van der Waals surface area contributed by atoms with Gasteiger partial charge in [-0.3, -0.25) is 4.79 Å². The fourth-order valence-corrected chi connectivity index (χ4v) is 1.11. The van der Waals surface area contributed by atoms with E-state index in [1.165, 1.54) is 5.01 Å². The number of hydrogen-bond donors (Lipinski definition) is 1. The van der Waals surface area contributed by atoms with Gasteiger partial charge < -0.3 is 10.6 Å². The predicted octanol–water partition coefficient (Wildman–Crippen LogP) is -0.905. The second kappa shape index (κ2) is 4.34. The molecule has 0 fully saturated rings. The van der Waals surface area contributed by atoms with Crippen LogP contribution in [0.2, 0.25) is 0 Å². The van der Waals surface area contributed by atoms with E-state index in [4.69, 9.17) is 5.73 Å². The van der Waals surface area contributed by atoms with Gasteiger partial charge in [0, 0.05) is 13.1 Å². The molecule has 5 heteroatoms. The highest BCUT2D eigenvalue weighted by atomic mass is 16.2. The molecule has 0 radical (unpaired) electrons. The minimum absolute atomic E-state index is 0.0577. The molecule has 1 aliphatic rings. The highest BCUT2D eigenvalue weighted by Crippen LogP contribution is 2.06. The summed E-state index contributed by atoms with van der Waals surface area (Å²) in [6, 6.07) is 0. The van der Waals surface area contributed by atoms with Crippen LogP contribution in [-0.4, -0.2) is 55.3 Å². The highest BCUT2D eigenvalue weighted by molar-refractivity contribution is 6.05. The molecule has 0 spiro atoms. The molecule has 0 aromatic heterocycles. The van der Waals surface area contributed by atoms with Crippen molar-refractivity contribution in [2.45, 2.75) is 6.42 Å². The van der Waals surface area contributed by atoms with Crippen molar-refractivity contribution in [1.82, 2.24) is 9.91 Å². The van der Waals surface area contributed by atoms with Gasteiger partial charge in [-0.25, -0.2) is 5.01 Å². The Bertz CT molecular complexity index is 224. The summed E-state index contributed by atoms with van der Waals surface area (Å²) in [5.74, 6) is 0.0577. The molecule has 0 unspecified atom stereocenters. The molecular formula is C8H16N4O. The number of nitrogens with two attached hydrogens (primary N) is 1. The number of carbonyl (C=O) groups excluding carboxylic acids is 1. The molecule has 0 atom stereocenters. The van der Waals surface area contributed by atoms with Gasteiger partial charge in [-0.2, -0.15) is 5.10 Å². The largest absolute Gasteiger partial charge is 0.325 e. The van der Waals surface area contributed by atoms with Crippen LogP contribution in [-0.2, 0) is 4.79 Å². The smallest absolute Gasteiger partial charge is 0.248 e. The standard InChI is InChI=1S/C8H16N4O/c1-11(2)3-4-12-8(13)5-7(6-9)10-12/h3-6,9H2,1-2H3. The van der Waals surface area contributed by atoms with Crippen molar-refractivity contribution in [3.05, 3.63) is 0 Å². The number of hydrogen-bond acceptors (Lipinski definition) is 4. The van der Waals surface area contributed by atoms with E-state index in [2.05, 4.69) is 5.10 Å². The van der Waals surface area contributed by atoms with Crippen molar-refractivity contribution >= 4 is 11.6 Å². The molecule has 0 aromatic rings. The molecule has 1 heterocycles. The highest BCUT2D eigenvalue weighted by Gasteiger charge is 2.21. The Morgan fingerprint density at radius 3 is 2.77 bits per heavy atom. The Morgan fingerprint density at radius 1 is 1.62 bits per heavy atom. The Labute approximate surface area is 78.2 Å². The molecule has 0 saturated carbocycles. The van der Waals surface area contributed by atoms with Crippen LogP contribution in [0.4, 0.5) is 0 Å². The molecule has 0 aromatic carbocycles. The SMILES string of the molecule is CN(C)CCN1N=C(CN)CC1=O. The summed E-state index contributed by atoms with van der Waals surface area (Å²) in [7, 11) is 3.93. The van der Waals surface area contributed by atoms with Crippen LogP contribution in [0.3, 0.4) is 0 Å². The number of rotatable bonds is 4. The predicted molar refractivity (Wildman–Crippen MR) is 51.4 cm³/mol. The normalized spacial score (nSPS) is 17.1. The average Bonchev–Trinajstić information content (AvgIpc) is 2.43. The molecule has 74 valence electrons. The third-order valence-electron chi connectivity index (χ3n) is 1.90. The lowest BCUT2D eigenvalue weighted by Crippen LogP contribution is -2.29. The van der Waals surface area contributed by atoms with E-state index < -0.39 is 0 Å². The molecule has 2 N–H and O–H groups in total. The van der Waals surface area contributed by atoms with Crippen LogP contribution in [0.1, 0.15) is 6.42 Å². The maximum atomic E-state index is 11.3. The van der Waals surface area contributed by atoms with Gasteiger partial charge in [-0.15, -0.1) is 0 Å². The van der Waals surface area contributed by atoms with Gasteiger partial charge in [0.2, 0.25) is 5.91 Å². The van der Waals surface area contributed by atoms with Gasteiger partial charge in [0.1, 0.15) is 0 Å².